The fraction of sp³-hybridized carbons (Fsp3) is 0.909. The molecule has 0 saturated carbocycles. The number of carbonyl (C=O) groups excluding carboxylic acids is 1. The number of piperidine rings is 2. The van der Waals surface area contributed by atoms with Crippen LogP contribution >= 0.6 is 0 Å². The molecule has 1 N–H and O–H groups in total. The highest BCUT2D eigenvalue weighted by molar-refractivity contribution is 5.74. The molecule has 0 aromatic rings. The van der Waals surface area contributed by atoms with Crippen LogP contribution in [-0.2, 0) is 4.79 Å². The van der Waals surface area contributed by atoms with Gasteiger partial charge in [-0.05, 0) is 39.2 Å². The number of likely N-dealkylation sites (tertiary alicyclic amines) is 1. The zero-order valence-electron chi connectivity index (χ0n) is 9.18. The molecule has 2 aliphatic heterocycles. The van der Waals surface area contributed by atoms with Gasteiger partial charge in [0, 0.05) is 25.0 Å². The highest BCUT2D eigenvalue weighted by Crippen LogP contribution is 2.32. The van der Waals surface area contributed by atoms with Gasteiger partial charge in [0.1, 0.15) is 0 Å². The second-order valence-corrected chi connectivity index (χ2v) is 4.82. The fourth-order valence-corrected chi connectivity index (χ4v) is 3.01. The molecule has 0 bridgehead atoms. The maximum atomic E-state index is 11.5. The number of amides is 1. The van der Waals surface area contributed by atoms with E-state index < -0.39 is 0 Å². The summed E-state index contributed by atoms with van der Waals surface area (Å²) in [6.07, 6.45) is 4.72. The first-order valence-electron chi connectivity index (χ1n) is 5.66. The minimum Gasteiger partial charge on any atom is -0.338 e. The zero-order chi connectivity index (χ0) is 10.2. The number of carbonyl (C=O) groups is 1. The quantitative estimate of drug-likeness (QED) is 0.630. The first-order chi connectivity index (χ1) is 6.63. The van der Waals surface area contributed by atoms with Crippen molar-refractivity contribution in [2.75, 3.05) is 13.1 Å². The third-order valence-corrected chi connectivity index (χ3v) is 3.79. The van der Waals surface area contributed by atoms with Crippen LogP contribution in [0, 0.1) is 0 Å². The van der Waals surface area contributed by atoms with Crippen LogP contribution in [0.3, 0.4) is 0 Å². The van der Waals surface area contributed by atoms with Crippen molar-refractivity contribution in [1.82, 2.24) is 10.2 Å². The van der Waals surface area contributed by atoms with Gasteiger partial charge in [0.2, 0.25) is 5.91 Å². The summed E-state index contributed by atoms with van der Waals surface area (Å²) in [5.41, 5.74) is 0.183. The summed E-state index contributed by atoms with van der Waals surface area (Å²) in [6, 6.07) is 0.433. The van der Waals surface area contributed by atoms with Crippen LogP contribution < -0.4 is 5.32 Å². The molecule has 2 fully saturated rings. The lowest BCUT2D eigenvalue weighted by molar-refractivity contribution is -0.136. The lowest BCUT2D eigenvalue weighted by atomic mass is 9.78. The average molecular weight is 196 g/mol. The van der Waals surface area contributed by atoms with Gasteiger partial charge in [0.05, 0.1) is 0 Å². The van der Waals surface area contributed by atoms with E-state index >= 15 is 0 Å². The Hall–Kier alpha value is -0.570. The molecule has 0 radical (unpaired) electrons. The van der Waals surface area contributed by atoms with Gasteiger partial charge in [0.25, 0.3) is 0 Å². The average Bonchev–Trinajstić information content (AvgIpc) is 2.15. The summed E-state index contributed by atoms with van der Waals surface area (Å²) >= 11 is 0. The van der Waals surface area contributed by atoms with Crippen molar-refractivity contribution in [2.24, 2.45) is 0 Å². The number of fused-ring (bicyclic) bond motifs is 1. The maximum Gasteiger partial charge on any atom is 0.219 e. The van der Waals surface area contributed by atoms with Crippen LogP contribution in [0.4, 0.5) is 0 Å². The van der Waals surface area contributed by atoms with E-state index in [0.29, 0.717) is 6.04 Å². The molecule has 14 heavy (non-hydrogen) atoms. The first-order valence-corrected chi connectivity index (χ1v) is 5.66. The van der Waals surface area contributed by atoms with Gasteiger partial charge in [-0.1, -0.05) is 0 Å². The van der Waals surface area contributed by atoms with Gasteiger partial charge in [-0.15, -0.1) is 0 Å². The van der Waals surface area contributed by atoms with Crippen molar-refractivity contribution in [3.8, 4) is 0 Å². The second kappa shape index (κ2) is 3.54. The van der Waals surface area contributed by atoms with Gasteiger partial charge in [-0.2, -0.15) is 0 Å². The molecular weight excluding hydrogens is 176 g/mol. The molecule has 1 amide bonds. The maximum absolute atomic E-state index is 11.5. The molecule has 2 aliphatic rings. The van der Waals surface area contributed by atoms with E-state index in [1.807, 2.05) is 0 Å². The summed E-state index contributed by atoms with van der Waals surface area (Å²) in [7, 11) is 0. The second-order valence-electron chi connectivity index (χ2n) is 4.82. The molecule has 0 unspecified atom stereocenters. The van der Waals surface area contributed by atoms with Gasteiger partial charge < -0.3 is 10.2 Å². The normalized spacial score (nSPS) is 37.9. The number of hydrogen-bond donors (Lipinski definition) is 1. The Bertz CT molecular complexity index is 237. The van der Waals surface area contributed by atoms with Crippen molar-refractivity contribution in [3.05, 3.63) is 0 Å². The molecule has 2 atom stereocenters. The monoisotopic (exact) mass is 196 g/mol. The summed E-state index contributed by atoms with van der Waals surface area (Å²) in [5.74, 6) is 0.240. The summed E-state index contributed by atoms with van der Waals surface area (Å²) < 4.78 is 0. The van der Waals surface area contributed by atoms with Gasteiger partial charge in [-0.3, -0.25) is 4.79 Å². The highest BCUT2D eigenvalue weighted by atomic mass is 16.2. The van der Waals surface area contributed by atoms with Crippen molar-refractivity contribution in [1.29, 1.82) is 0 Å². The lowest BCUT2D eigenvalue weighted by Crippen LogP contribution is -2.65. The molecule has 3 heteroatoms. The summed E-state index contributed by atoms with van der Waals surface area (Å²) in [6.45, 7) is 6.03. The SMILES string of the molecule is CC(=O)N1CCC[C@]2(C)NCCC[C@H]12. The molecule has 0 aliphatic carbocycles. The third kappa shape index (κ3) is 1.54. The Morgan fingerprint density at radius 1 is 1.50 bits per heavy atom. The van der Waals surface area contributed by atoms with Crippen LogP contribution in [0.2, 0.25) is 0 Å². The molecule has 0 aromatic heterocycles. The van der Waals surface area contributed by atoms with Crippen LogP contribution in [0.15, 0.2) is 0 Å². The van der Waals surface area contributed by atoms with Crippen molar-refractivity contribution in [3.63, 3.8) is 0 Å². The van der Waals surface area contributed by atoms with Crippen LogP contribution in [-0.4, -0.2) is 35.5 Å². The van der Waals surface area contributed by atoms with Gasteiger partial charge >= 0.3 is 0 Å². The Balaban J connectivity index is 2.18. The predicted octanol–water partition coefficient (Wildman–Crippen LogP) is 1.14. The van der Waals surface area contributed by atoms with Crippen LogP contribution in [0.5, 0.6) is 0 Å². The van der Waals surface area contributed by atoms with Crippen LogP contribution in [0.25, 0.3) is 0 Å². The minimum absolute atomic E-state index is 0.183. The number of hydrogen-bond acceptors (Lipinski definition) is 2. The van der Waals surface area contributed by atoms with E-state index in [-0.39, 0.29) is 11.4 Å². The molecule has 0 aromatic carbocycles. The topological polar surface area (TPSA) is 32.3 Å². The van der Waals surface area contributed by atoms with Crippen LogP contribution in [0.1, 0.15) is 39.5 Å². The van der Waals surface area contributed by atoms with Crippen molar-refractivity contribution < 1.29 is 4.79 Å². The molecule has 2 rings (SSSR count). The van der Waals surface area contributed by atoms with E-state index in [0.717, 1.165) is 19.5 Å². The van der Waals surface area contributed by atoms with Gasteiger partial charge in [-0.25, -0.2) is 0 Å². The van der Waals surface area contributed by atoms with E-state index in [9.17, 15) is 4.79 Å². The molecule has 3 nitrogen and oxygen atoms in total. The summed E-state index contributed by atoms with van der Waals surface area (Å²) in [4.78, 5) is 13.6. The van der Waals surface area contributed by atoms with E-state index in [2.05, 4.69) is 17.1 Å². The smallest absolute Gasteiger partial charge is 0.219 e. The Morgan fingerprint density at radius 2 is 2.29 bits per heavy atom. The van der Waals surface area contributed by atoms with E-state index in [4.69, 9.17) is 0 Å². The third-order valence-electron chi connectivity index (χ3n) is 3.79. The lowest BCUT2D eigenvalue weighted by Gasteiger charge is -2.51. The predicted molar refractivity (Wildman–Crippen MR) is 56.1 cm³/mol. The fourth-order valence-electron chi connectivity index (χ4n) is 3.01. The van der Waals surface area contributed by atoms with Gasteiger partial charge in [0.15, 0.2) is 0 Å². The molecule has 2 heterocycles. The first kappa shape index (κ1) is 9.97. The summed E-state index contributed by atoms with van der Waals surface area (Å²) in [5, 5.41) is 3.59. The van der Waals surface area contributed by atoms with E-state index in [1.54, 1.807) is 6.92 Å². The Labute approximate surface area is 85.8 Å². The molecule has 0 spiro atoms. The molecule has 80 valence electrons. The zero-order valence-corrected chi connectivity index (χ0v) is 9.18. The highest BCUT2D eigenvalue weighted by Gasteiger charge is 2.43. The van der Waals surface area contributed by atoms with Crippen molar-refractivity contribution in [2.45, 2.75) is 51.1 Å². The molecule has 2 saturated heterocycles. The Morgan fingerprint density at radius 3 is 3.00 bits per heavy atom. The standard InChI is InChI=1S/C11H20N2O/c1-9(14)13-8-4-6-11(2)10(13)5-3-7-12-11/h10,12H,3-8H2,1-2H3/t10-,11-/m0/s1. The number of rotatable bonds is 0. The van der Waals surface area contributed by atoms with E-state index in [1.165, 1.54) is 19.3 Å². The number of nitrogens with zero attached hydrogens (tertiary/aromatic N) is 1. The van der Waals surface area contributed by atoms with Crippen molar-refractivity contribution >= 4 is 5.91 Å². The minimum atomic E-state index is 0.183. The Kier molecular flexibility index (Phi) is 2.52. The largest absolute Gasteiger partial charge is 0.338 e. The molecular formula is C11H20N2O. The number of nitrogens with one attached hydrogen (secondary N) is 1.